The van der Waals surface area contributed by atoms with Crippen LogP contribution in [0.5, 0.6) is 5.75 Å². The molecule has 1 aliphatic heterocycles. The number of benzene rings is 2. The molecule has 150 valence electrons. The SMILES string of the molecule is O=C(COc1cccc(C(F)(F)F)c1)NCc1ccc(CN2CCCC2)cc1. The minimum absolute atomic E-state index is 0.0104. The molecule has 1 aliphatic rings. The first-order chi connectivity index (χ1) is 13.4. The molecule has 1 fully saturated rings. The third-order valence-corrected chi connectivity index (χ3v) is 4.65. The highest BCUT2D eigenvalue weighted by Gasteiger charge is 2.30. The van der Waals surface area contributed by atoms with Gasteiger partial charge >= 0.3 is 6.18 Å². The van der Waals surface area contributed by atoms with Gasteiger partial charge in [0, 0.05) is 13.1 Å². The van der Waals surface area contributed by atoms with E-state index < -0.39 is 17.6 Å². The molecule has 1 saturated heterocycles. The van der Waals surface area contributed by atoms with Crippen molar-refractivity contribution in [2.24, 2.45) is 0 Å². The summed E-state index contributed by atoms with van der Waals surface area (Å²) >= 11 is 0. The Balaban J connectivity index is 1.43. The summed E-state index contributed by atoms with van der Waals surface area (Å²) in [6.07, 6.45) is -1.93. The fourth-order valence-electron chi connectivity index (χ4n) is 3.12. The van der Waals surface area contributed by atoms with Gasteiger partial charge < -0.3 is 10.1 Å². The highest BCUT2D eigenvalue weighted by molar-refractivity contribution is 5.77. The normalized spacial score (nSPS) is 14.8. The monoisotopic (exact) mass is 392 g/mol. The van der Waals surface area contributed by atoms with Crippen LogP contribution >= 0.6 is 0 Å². The zero-order valence-electron chi connectivity index (χ0n) is 15.5. The molecule has 4 nitrogen and oxygen atoms in total. The average molecular weight is 392 g/mol. The van der Waals surface area contributed by atoms with Gasteiger partial charge in [-0.25, -0.2) is 0 Å². The zero-order chi connectivity index (χ0) is 20.0. The van der Waals surface area contributed by atoms with Gasteiger partial charge in [0.05, 0.1) is 5.56 Å². The number of amides is 1. The van der Waals surface area contributed by atoms with Crippen molar-refractivity contribution in [3.8, 4) is 5.75 Å². The Morgan fingerprint density at radius 3 is 2.39 bits per heavy atom. The molecule has 0 saturated carbocycles. The highest BCUT2D eigenvalue weighted by Crippen LogP contribution is 2.31. The van der Waals surface area contributed by atoms with Crippen molar-refractivity contribution in [3.05, 3.63) is 65.2 Å². The molecule has 2 aromatic rings. The van der Waals surface area contributed by atoms with Gasteiger partial charge in [-0.2, -0.15) is 13.2 Å². The van der Waals surface area contributed by atoms with E-state index >= 15 is 0 Å². The van der Waals surface area contributed by atoms with Crippen molar-refractivity contribution < 1.29 is 22.7 Å². The van der Waals surface area contributed by atoms with Gasteiger partial charge in [0.15, 0.2) is 6.61 Å². The Morgan fingerprint density at radius 1 is 1.04 bits per heavy atom. The van der Waals surface area contributed by atoms with E-state index in [2.05, 4.69) is 22.3 Å². The smallest absolute Gasteiger partial charge is 0.416 e. The van der Waals surface area contributed by atoms with Crippen molar-refractivity contribution in [2.45, 2.75) is 32.1 Å². The quantitative estimate of drug-likeness (QED) is 0.775. The fraction of sp³-hybridized carbons (Fsp3) is 0.381. The summed E-state index contributed by atoms with van der Waals surface area (Å²) in [5.74, 6) is -0.380. The third-order valence-electron chi connectivity index (χ3n) is 4.65. The molecular weight excluding hydrogens is 369 g/mol. The minimum Gasteiger partial charge on any atom is -0.484 e. The minimum atomic E-state index is -4.44. The summed E-state index contributed by atoms with van der Waals surface area (Å²) in [4.78, 5) is 14.3. The number of alkyl halides is 3. The number of hydrogen-bond donors (Lipinski definition) is 1. The molecular formula is C21H23F3N2O2. The second kappa shape index (κ2) is 9.10. The fourth-order valence-corrected chi connectivity index (χ4v) is 3.12. The molecule has 0 radical (unpaired) electrons. The first kappa shape index (κ1) is 20.2. The van der Waals surface area contributed by atoms with Crippen LogP contribution < -0.4 is 10.1 Å². The number of likely N-dealkylation sites (tertiary alicyclic amines) is 1. The molecule has 1 N–H and O–H groups in total. The number of halogens is 3. The van der Waals surface area contributed by atoms with Crippen LogP contribution in [-0.4, -0.2) is 30.5 Å². The maximum atomic E-state index is 12.7. The lowest BCUT2D eigenvalue weighted by Crippen LogP contribution is -2.28. The average Bonchev–Trinajstić information content (AvgIpc) is 3.18. The van der Waals surface area contributed by atoms with E-state index in [0.29, 0.717) is 6.54 Å². The van der Waals surface area contributed by atoms with Crippen LogP contribution in [0.4, 0.5) is 13.2 Å². The molecule has 0 bridgehead atoms. The van der Waals surface area contributed by atoms with Gasteiger partial charge in [-0.15, -0.1) is 0 Å². The van der Waals surface area contributed by atoms with Gasteiger partial charge in [-0.3, -0.25) is 9.69 Å². The van der Waals surface area contributed by atoms with E-state index in [-0.39, 0.29) is 12.4 Å². The number of carbonyl (C=O) groups excluding carboxylic acids is 1. The topological polar surface area (TPSA) is 41.6 Å². The van der Waals surface area contributed by atoms with Crippen molar-refractivity contribution >= 4 is 5.91 Å². The summed E-state index contributed by atoms with van der Waals surface area (Å²) in [6, 6.07) is 12.5. The Morgan fingerprint density at radius 2 is 1.71 bits per heavy atom. The van der Waals surface area contributed by atoms with E-state index in [1.54, 1.807) is 0 Å². The summed E-state index contributed by atoms with van der Waals surface area (Å²) in [5, 5.41) is 2.71. The van der Waals surface area contributed by atoms with Crippen LogP contribution in [-0.2, 0) is 24.1 Å². The standard InChI is InChI=1S/C21H23F3N2O2/c22-21(23,24)18-4-3-5-19(12-18)28-15-20(27)25-13-16-6-8-17(9-7-16)14-26-10-1-2-11-26/h3-9,12H,1-2,10-11,13-15H2,(H,25,27). The summed E-state index contributed by atoms with van der Waals surface area (Å²) in [5.41, 5.74) is 1.39. The van der Waals surface area contributed by atoms with E-state index in [9.17, 15) is 18.0 Å². The molecule has 0 aromatic heterocycles. The number of ether oxygens (including phenoxy) is 1. The molecule has 1 heterocycles. The van der Waals surface area contributed by atoms with Gasteiger partial charge in [0.1, 0.15) is 5.75 Å². The molecule has 2 aromatic carbocycles. The lowest BCUT2D eigenvalue weighted by Gasteiger charge is -2.14. The predicted octanol–water partition coefficient (Wildman–Crippen LogP) is 4.00. The van der Waals surface area contributed by atoms with Crippen molar-refractivity contribution in [1.29, 1.82) is 0 Å². The number of nitrogens with one attached hydrogen (secondary N) is 1. The van der Waals surface area contributed by atoms with E-state index in [1.807, 2.05) is 12.1 Å². The maximum Gasteiger partial charge on any atom is 0.416 e. The van der Waals surface area contributed by atoms with E-state index in [0.717, 1.165) is 37.3 Å². The Kier molecular flexibility index (Phi) is 6.57. The molecule has 28 heavy (non-hydrogen) atoms. The van der Waals surface area contributed by atoms with E-state index in [1.165, 1.54) is 30.5 Å². The Bertz CT molecular complexity index is 785. The van der Waals surface area contributed by atoms with Crippen LogP contribution in [0.2, 0.25) is 0 Å². The first-order valence-electron chi connectivity index (χ1n) is 9.27. The van der Waals surface area contributed by atoms with Crippen LogP contribution in [0.3, 0.4) is 0 Å². The largest absolute Gasteiger partial charge is 0.484 e. The second-order valence-electron chi connectivity index (χ2n) is 6.89. The Hall–Kier alpha value is -2.54. The van der Waals surface area contributed by atoms with Gasteiger partial charge in [0.2, 0.25) is 0 Å². The molecule has 0 aliphatic carbocycles. The van der Waals surface area contributed by atoms with Gasteiger partial charge in [0.25, 0.3) is 5.91 Å². The van der Waals surface area contributed by atoms with Crippen LogP contribution in [0.15, 0.2) is 48.5 Å². The molecule has 0 unspecified atom stereocenters. The lowest BCUT2D eigenvalue weighted by molar-refractivity contribution is -0.137. The van der Waals surface area contributed by atoms with Crippen LogP contribution in [0.1, 0.15) is 29.5 Å². The summed E-state index contributed by atoms with van der Waals surface area (Å²) in [6.45, 7) is 3.23. The predicted molar refractivity (Wildman–Crippen MR) is 99.7 cm³/mol. The van der Waals surface area contributed by atoms with Crippen molar-refractivity contribution in [1.82, 2.24) is 10.2 Å². The van der Waals surface area contributed by atoms with Crippen LogP contribution in [0.25, 0.3) is 0 Å². The number of nitrogens with zero attached hydrogens (tertiary/aromatic N) is 1. The molecule has 0 spiro atoms. The molecule has 7 heteroatoms. The molecule has 3 rings (SSSR count). The van der Waals surface area contributed by atoms with Gasteiger partial charge in [-0.05, 0) is 55.3 Å². The lowest BCUT2D eigenvalue weighted by atomic mass is 10.1. The van der Waals surface area contributed by atoms with Gasteiger partial charge in [-0.1, -0.05) is 30.3 Å². The van der Waals surface area contributed by atoms with E-state index in [4.69, 9.17) is 4.74 Å². The first-order valence-corrected chi connectivity index (χ1v) is 9.27. The third kappa shape index (κ3) is 5.99. The van der Waals surface area contributed by atoms with Crippen molar-refractivity contribution in [3.63, 3.8) is 0 Å². The molecule has 0 atom stereocenters. The van der Waals surface area contributed by atoms with Crippen molar-refractivity contribution in [2.75, 3.05) is 19.7 Å². The second-order valence-corrected chi connectivity index (χ2v) is 6.89. The maximum absolute atomic E-state index is 12.7. The summed E-state index contributed by atoms with van der Waals surface area (Å²) < 4.78 is 43.2. The Labute approximate surface area is 162 Å². The summed E-state index contributed by atoms with van der Waals surface area (Å²) in [7, 11) is 0. The highest BCUT2D eigenvalue weighted by atomic mass is 19.4. The molecule has 1 amide bonds. The number of rotatable bonds is 7. The zero-order valence-corrected chi connectivity index (χ0v) is 15.5. The number of hydrogen-bond acceptors (Lipinski definition) is 3. The van der Waals surface area contributed by atoms with Crippen LogP contribution in [0, 0.1) is 0 Å². The number of carbonyl (C=O) groups is 1.